The molecule has 1 unspecified atom stereocenters. The van der Waals surface area contributed by atoms with Gasteiger partial charge in [0.15, 0.2) is 0 Å². The van der Waals surface area contributed by atoms with E-state index in [9.17, 15) is 8.42 Å². The van der Waals surface area contributed by atoms with E-state index in [4.69, 9.17) is 6.42 Å². The van der Waals surface area contributed by atoms with Crippen LogP contribution in [0.2, 0.25) is 0 Å². The smallest absolute Gasteiger partial charge is 0.207 e. The van der Waals surface area contributed by atoms with Gasteiger partial charge in [0.05, 0.1) is 4.90 Å². The summed E-state index contributed by atoms with van der Waals surface area (Å²) in [5.41, 5.74) is 1.08. The molecule has 25 heavy (non-hydrogen) atoms. The zero-order valence-corrected chi connectivity index (χ0v) is 16.4. The van der Waals surface area contributed by atoms with E-state index in [0.29, 0.717) is 4.90 Å². The van der Waals surface area contributed by atoms with Crippen molar-refractivity contribution in [2.24, 2.45) is 0 Å². The summed E-state index contributed by atoms with van der Waals surface area (Å²) in [6.07, 6.45) is 14.7. The van der Waals surface area contributed by atoms with Crippen molar-refractivity contribution in [3.05, 3.63) is 29.8 Å². The third-order valence-electron chi connectivity index (χ3n) is 5.03. The van der Waals surface area contributed by atoms with E-state index in [1.165, 1.54) is 19.3 Å². The molecule has 2 rings (SSSR count). The average Bonchev–Trinajstić information content (AvgIpc) is 3.30. The number of sulfonamides is 1. The van der Waals surface area contributed by atoms with Crippen molar-refractivity contribution in [3.8, 4) is 12.3 Å². The summed E-state index contributed by atoms with van der Waals surface area (Å²) >= 11 is 0. The minimum absolute atomic E-state index is 0.158. The van der Waals surface area contributed by atoms with Crippen LogP contribution in [0, 0.1) is 19.3 Å². The summed E-state index contributed by atoms with van der Waals surface area (Å²) < 4.78 is 27.7. The highest BCUT2D eigenvalue weighted by molar-refractivity contribution is 7.89. The van der Waals surface area contributed by atoms with Crippen LogP contribution in [-0.4, -0.2) is 24.8 Å². The molecule has 0 aliphatic carbocycles. The lowest BCUT2D eigenvalue weighted by Crippen LogP contribution is -2.16. The lowest BCUT2D eigenvalue weighted by atomic mass is 10.1. The third-order valence-corrected chi connectivity index (χ3v) is 6.99. The van der Waals surface area contributed by atoms with E-state index < -0.39 is 10.0 Å². The molecule has 0 saturated carbocycles. The van der Waals surface area contributed by atoms with Gasteiger partial charge in [0.1, 0.15) is 0 Å². The van der Waals surface area contributed by atoms with Crippen LogP contribution in [0.15, 0.2) is 29.2 Å². The first kappa shape index (κ1) is 20.0. The lowest BCUT2D eigenvalue weighted by molar-refractivity contribution is 0.529. The second kappa shape index (κ2) is 9.40. The maximum Gasteiger partial charge on any atom is 0.243 e. The topological polar surface area (TPSA) is 37.1 Å². The van der Waals surface area contributed by atoms with Crippen molar-refractivity contribution in [1.29, 1.82) is 0 Å². The largest absolute Gasteiger partial charge is 0.243 e. The Balaban J connectivity index is 2.02. The monoisotopic (exact) mass is 361 g/mol. The van der Waals surface area contributed by atoms with Crippen molar-refractivity contribution < 1.29 is 8.42 Å². The van der Waals surface area contributed by atoms with Gasteiger partial charge in [-0.25, -0.2) is 8.42 Å². The normalized spacial score (nSPS) is 22.5. The molecule has 1 aliphatic heterocycles. The van der Waals surface area contributed by atoms with E-state index in [2.05, 4.69) is 12.8 Å². The molecule has 1 heterocycles. The van der Waals surface area contributed by atoms with Crippen molar-refractivity contribution in [2.75, 3.05) is 0 Å². The molecular formula is C21H31NO2S. The molecule has 3 nitrogen and oxygen atoms in total. The van der Waals surface area contributed by atoms with E-state index >= 15 is 0 Å². The maximum atomic E-state index is 13.0. The Labute approximate surface area is 153 Å². The Kier molecular flexibility index (Phi) is 7.53. The predicted molar refractivity (Wildman–Crippen MR) is 104 cm³/mol. The van der Waals surface area contributed by atoms with Gasteiger partial charge in [0.25, 0.3) is 0 Å². The molecular weight excluding hydrogens is 330 g/mol. The minimum atomic E-state index is -3.37. The van der Waals surface area contributed by atoms with Gasteiger partial charge in [-0.3, -0.25) is 0 Å². The molecule has 0 N–H and O–H groups in total. The van der Waals surface area contributed by atoms with E-state index in [0.717, 1.165) is 44.1 Å². The highest BCUT2D eigenvalue weighted by Crippen LogP contribution is 2.41. The Morgan fingerprint density at radius 1 is 1.00 bits per heavy atom. The van der Waals surface area contributed by atoms with Crippen LogP contribution in [-0.2, 0) is 10.0 Å². The summed E-state index contributed by atoms with van der Waals surface area (Å²) in [6.45, 7) is 4.16. The van der Waals surface area contributed by atoms with Crippen LogP contribution < -0.4 is 0 Å². The Morgan fingerprint density at radius 3 is 2.16 bits per heavy atom. The molecule has 1 saturated heterocycles. The number of benzene rings is 1. The van der Waals surface area contributed by atoms with Gasteiger partial charge in [-0.2, -0.15) is 4.31 Å². The summed E-state index contributed by atoms with van der Waals surface area (Å²) in [7, 11) is -3.37. The van der Waals surface area contributed by atoms with Gasteiger partial charge < -0.3 is 0 Å². The third kappa shape index (κ3) is 5.33. The molecule has 0 amide bonds. The van der Waals surface area contributed by atoms with Gasteiger partial charge in [-0.05, 0) is 38.3 Å². The van der Waals surface area contributed by atoms with Crippen molar-refractivity contribution in [2.45, 2.75) is 88.6 Å². The van der Waals surface area contributed by atoms with Crippen LogP contribution in [0.25, 0.3) is 0 Å². The van der Waals surface area contributed by atoms with E-state index in [1.807, 2.05) is 19.1 Å². The zero-order chi connectivity index (χ0) is 18.3. The molecule has 0 aromatic heterocycles. The Bertz CT molecular complexity index is 673. The molecule has 1 aliphatic rings. The molecule has 1 aromatic carbocycles. The van der Waals surface area contributed by atoms with Crippen LogP contribution in [0.4, 0.5) is 0 Å². The maximum absolute atomic E-state index is 13.0. The number of nitrogens with zero attached hydrogens (tertiary/aromatic N) is 1. The van der Waals surface area contributed by atoms with Gasteiger partial charge in [-0.15, -0.1) is 12.3 Å². The number of hydrogen-bond donors (Lipinski definition) is 0. The molecule has 138 valence electrons. The van der Waals surface area contributed by atoms with Gasteiger partial charge >= 0.3 is 0 Å². The average molecular weight is 362 g/mol. The van der Waals surface area contributed by atoms with E-state index in [-0.39, 0.29) is 12.1 Å². The number of hydrogen-bond acceptors (Lipinski definition) is 2. The number of rotatable bonds is 11. The van der Waals surface area contributed by atoms with Crippen LogP contribution >= 0.6 is 0 Å². The van der Waals surface area contributed by atoms with Crippen LogP contribution in [0.3, 0.4) is 0 Å². The number of unbranched alkanes of at least 4 members (excludes halogenated alkanes) is 5. The molecule has 3 atom stereocenters. The zero-order valence-electron chi connectivity index (χ0n) is 15.6. The number of terminal acetylenes is 1. The molecule has 4 heteroatoms. The quantitative estimate of drug-likeness (QED) is 0.319. The highest BCUT2D eigenvalue weighted by Gasteiger charge is 2.53. The molecule has 1 fully saturated rings. The minimum Gasteiger partial charge on any atom is -0.207 e. The molecule has 0 bridgehead atoms. The van der Waals surface area contributed by atoms with Gasteiger partial charge in [0.2, 0.25) is 10.0 Å². The SMILES string of the molecule is C#CCCCC[C@H]1[C@H](CCCCCC)N1S(=O)(=O)c1ccc(C)cc1. The summed E-state index contributed by atoms with van der Waals surface area (Å²) in [4.78, 5) is 0.419. The summed E-state index contributed by atoms with van der Waals surface area (Å²) in [5.74, 6) is 2.66. The fourth-order valence-electron chi connectivity index (χ4n) is 3.50. The van der Waals surface area contributed by atoms with Gasteiger partial charge in [-0.1, -0.05) is 56.7 Å². The standard InChI is InChI=1S/C21H31NO2S/c1-4-6-8-10-12-20-21(13-11-9-7-5-2)22(20)25(23,24)19-16-14-18(3)15-17-19/h1,14-17,20-21H,5-13H2,2-3H3/t20-,21-,22?/m0/s1. The molecule has 1 aromatic rings. The second-order valence-electron chi connectivity index (χ2n) is 7.08. The Morgan fingerprint density at radius 2 is 1.60 bits per heavy atom. The van der Waals surface area contributed by atoms with Crippen LogP contribution in [0.1, 0.15) is 70.3 Å². The summed E-state index contributed by atoms with van der Waals surface area (Å²) in [6, 6.07) is 7.53. The first-order chi connectivity index (χ1) is 12.0. The van der Waals surface area contributed by atoms with Crippen molar-refractivity contribution in [3.63, 3.8) is 0 Å². The molecule has 0 radical (unpaired) electrons. The predicted octanol–water partition coefficient (Wildman–Crippen LogP) is 4.90. The highest BCUT2D eigenvalue weighted by atomic mass is 32.2. The second-order valence-corrected chi connectivity index (χ2v) is 8.93. The molecule has 0 spiro atoms. The lowest BCUT2D eigenvalue weighted by Gasteiger charge is -2.07. The summed E-state index contributed by atoms with van der Waals surface area (Å²) in [5, 5.41) is 0. The van der Waals surface area contributed by atoms with Gasteiger partial charge in [0, 0.05) is 18.5 Å². The fourth-order valence-corrected chi connectivity index (χ4v) is 5.37. The Hall–Kier alpha value is -1.31. The first-order valence-electron chi connectivity index (χ1n) is 9.56. The van der Waals surface area contributed by atoms with Crippen molar-refractivity contribution >= 4 is 10.0 Å². The van der Waals surface area contributed by atoms with E-state index in [1.54, 1.807) is 16.4 Å². The number of aryl methyl sites for hydroxylation is 1. The first-order valence-corrected chi connectivity index (χ1v) is 11.0. The fraction of sp³-hybridized carbons (Fsp3) is 0.619. The van der Waals surface area contributed by atoms with Crippen molar-refractivity contribution in [1.82, 2.24) is 4.31 Å². The van der Waals surface area contributed by atoms with Crippen LogP contribution in [0.5, 0.6) is 0 Å².